The Labute approximate surface area is 159 Å². The van der Waals surface area contributed by atoms with Crippen LogP contribution in [0.25, 0.3) is 0 Å². The number of ether oxygens (including phenoxy) is 1. The van der Waals surface area contributed by atoms with Crippen LogP contribution < -0.4 is 15.4 Å². The van der Waals surface area contributed by atoms with E-state index in [4.69, 9.17) is 4.74 Å². The SMILES string of the molecule is Cl.Cl.O=C(NCCCOc1cccnc1)c1cn2c(n1)CCNCC2. The molecule has 0 spiro atoms. The van der Waals surface area contributed by atoms with Crippen molar-refractivity contribution < 1.29 is 9.53 Å². The lowest BCUT2D eigenvalue weighted by Crippen LogP contribution is -2.26. The number of hydrogen-bond donors (Lipinski definition) is 2. The second kappa shape index (κ2) is 10.9. The average molecular weight is 388 g/mol. The van der Waals surface area contributed by atoms with Crippen LogP contribution in [-0.2, 0) is 13.0 Å². The number of aromatic nitrogens is 3. The molecule has 9 heteroatoms. The maximum Gasteiger partial charge on any atom is 0.271 e. The third kappa shape index (κ3) is 6.19. The molecule has 0 saturated heterocycles. The third-order valence-corrected chi connectivity index (χ3v) is 3.66. The van der Waals surface area contributed by atoms with Gasteiger partial charge in [0.05, 0.1) is 12.8 Å². The Morgan fingerprint density at radius 3 is 3.04 bits per heavy atom. The highest BCUT2D eigenvalue weighted by Gasteiger charge is 2.15. The number of amides is 1. The number of imidazole rings is 1. The first-order valence-electron chi connectivity index (χ1n) is 7.91. The van der Waals surface area contributed by atoms with Crippen molar-refractivity contribution in [2.45, 2.75) is 19.4 Å². The molecule has 0 aliphatic carbocycles. The summed E-state index contributed by atoms with van der Waals surface area (Å²) in [5.41, 5.74) is 0.495. The van der Waals surface area contributed by atoms with Crippen molar-refractivity contribution in [1.29, 1.82) is 0 Å². The van der Waals surface area contributed by atoms with Crippen molar-refractivity contribution in [2.24, 2.45) is 0 Å². The van der Waals surface area contributed by atoms with Gasteiger partial charge in [-0.05, 0) is 18.6 Å². The highest BCUT2D eigenvalue weighted by Crippen LogP contribution is 2.07. The molecule has 2 N–H and O–H groups in total. The molecule has 0 atom stereocenters. The molecular weight excluding hydrogens is 365 g/mol. The van der Waals surface area contributed by atoms with Crippen LogP contribution >= 0.6 is 24.8 Å². The van der Waals surface area contributed by atoms with E-state index in [1.54, 1.807) is 12.4 Å². The number of pyridine rings is 1. The second-order valence-corrected chi connectivity index (χ2v) is 5.38. The standard InChI is InChI=1S/C16H21N5O2.2ClH/c22-16(14-12-21-9-8-17-7-4-15(21)20-14)19-6-2-10-23-13-3-1-5-18-11-13;;/h1,3,5,11-12,17H,2,4,6-10H2,(H,19,22);2*1H. The van der Waals surface area contributed by atoms with Crippen LogP contribution in [0.1, 0.15) is 22.7 Å². The van der Waals surface area contributed by atoms with Gasteiger partial charge in [-0.2, -0.15) is 0 Å². The largest absolute Gasteiger partial charge is 0.492 e. The van der Waals surface area contributed by atoms with E-state index in [0.717, 1.165) is 44.0 Å². The highest BCUT2D eigenvalue weighted by molar-refractivity contribution is 5.92. The van der Waals surface area contributed by atoms with Crippen molar-refractivity contribution in [2.75, 3.05) is 26.2 Å². The van der Waals surface area contributed by atoms with Gasteiger partial charge in [0.2, 0.25) is 0 Å². The zero-order valence-electron chi connectivity index (χ0n) is 13.8. The van der Waals surface area contributed by atoms with Crippen molar-refractivity contribution in [3.05, 3.63) is 42.2 Å². The smallest absolute Gasteiger partial charge is 0.271 e. The molecule has 1 amide bonds. The molecule has 1 aliphatic heterocycles. The molecule has 138 valence electrons. The maximum atomic E-state index is 12.1. The molecule has 2 aromatic rings. The van der Waals surface area contributed by atoms with Crippen molar-refractivity contribution >= 4 is 30.7 Å². The number of nitrogens with zero attached hydrogens (tertiary/aromatic N) is 3. The van der Waals surface area contributed by atoms with Gasteiger partial charge in [0.15, 0.2) is 0 Å². The van der Waals surface area contributed by atoms with Gasteiger partial charge in [-0.15, -0.1) is 24.8 Å². The Bertz CT molecular complexity index is 628. The van der Waals surface area contributed by atoms with Crippen molar-refractivity contribution in [1.82, 2.24) is 25.2 Å². The molecule has 0 radical (unpaired) electrons. The molecule has 3 heterocycles. The first kappa shape index (κ1) is 21.2. The Morgan fingerprint density at radius 1 is 1.36 bits per heavy atom. The summed E-state index contributed by atoms with van der Waals surface area (Å²) in [4.78, 5) is 20.5. The van der Waals surface area contributed by atoms with Crippen molar-refractivity contribution in [3.8, 4) is 5.75 Å². The predicted octanol–water partition coefficient (Wildman–Crippen LogP) is 1.47. The molecule has 0 fully saturated rings. The minimum atomic E-state index is -0.125. The molecule has 1 aliphatic rings. The van der Waals surface area contributed by atoms with Gasteiger partial charge >= 0.3 is 0 Å². The van der Waals surface area contributed by atoms with E-state index in [9.17, 15) is 4.79 Å². The summed E-state index contributed by atoms with van der Waals surface area (Å²) < 4.78 is 7.59. The van der Waals surface area contributed by atoms with E-state index >= 15 is 0 Å². The molecule has 0 bridgehead atoms. The summed E-state index contributed by atoms with van der Waals surface area (Å²) in [6.45, 7) is 3.77. The first-order valence-corrected chi connectivity index (χ1v) is 7.91. The topological polar surface area (TPSA) is 81.1 Å². The minimum absolute atomic E-state index is 0. The van der Waals surface area contributed by atoms with Crippen LogP contribution in [0.3, 0.4) is 0 Å². The number of rotatable bonds is 6. The van der Waals surface area contributed by atoms with Crippen LogP contribution in [0.15, 0.2) is 30.7 Å². The lowest BCUT2D eigenvalue weighted by atomic mass is 10.4. The van der Waals surface area contributed by atoms with Gasteiger partial charge in [0.1, 0.15) is 17.3 Å². The number of carbonyl (C=O) groups is 1. The van der Waals surface area contributed by atoms with E-state index in [-0.39, 0.29) is 30.7 Å². The Kier molecular flexibility index (Phi) is 9.26. The van der Waals surface area contributed by atoms with Crippen LogP contribution in [0.4, 0.5) is 0 Å². The fourth-order valence-corrected chi connectivity index (χ4v) is 2.47. The molecule has 0 aromatic carbocycles. The van der Waals surface area contributed by atoms with Gasteiger partial charge in [-0.1, -0.05) is 0 Å². The molecule has 2 aromatic heterocycles. The predicted molar refractivity (Wildman–Crippen MR) is 100.0 cm³/mol. The van der Waals surface area contributed by atoms with Gasteiger partial charge in [0.25, 0.3) is 5.91 Å². The van der Waals surface area contributed by atoms with Gasteiger partial charge in [-0.25, -0.2) is 4.98 Å². The summed E-state index contributed by atoms with van der Waals surface area (Å²) in [6, 6.07) is 3.69. The summed E-state index contributed by atoms with van der Waals surface area (Å²) in [7, 11) is 0. The van der Waals surface area contributed by atoms with Crippen molar-refractivity contribution in [3.63, 3.8) is 0 Å². The first-order chi connectivity index (χ1) is 11.3. The Morgan fingerprint density at radius 2 is 2.24 bits per heavy atom. The van der Waals surface area contributed by atoms with E-state index < -0.39 is 0 Å². The van der Waals surface area contributed by atoms with E-state index in [1.165, 1.54) is 0 Å². The summed E-state index contributed by atoms with van der Waals surface area (Å²) >= 11 is 0. The summed E-state index contributed by atoms with van der Waals surface area (Å²) in [5, 5.41) is 6.20. The number of nitrogens with one attached hydrogen (secondary N) is 2. The zero-order valence-corrected chi connectivity index (χ0v) is 15.4. The molecule has 3 rings (SSSR count). The fourth-order valence-electron chi connectivity index (χ4n) is 2.47. The average Bonchev–Trinajstić information content (AvgIpc) is 2.86. The monoisotopic (exact) mass is 387 g/mol. The van der Waals surface area contributed by atoms with Crippen LogP contribution in [0, 0.1) is 0 Å². The summed E-state index contributed by atoms with van der Waals surface area (Å²) in [5.74, 6) is 1.59. The number of hydrogen-bond acceptors (Lipinski definition) is 5. The van der Waals surface area contributed by atoms with E-state index in [1.807, 2.05) is 18.3 Å². The summed E-state index contributed by atoms with van der Waals surface area (Å²) in [6.07, 6.45) is 6.80. The maximum absolute atomic E-state index is 12.1. The van der Waals surface area contributed by atoms with Crippen LogP contribution in [-0.4, -0.2) is 46.7 Å². The number of fused-ring (bicyclic) bond motifs is 1. The molecule has 0 saturated carbocycles. The molecule has 0 unspecified atom stereocenters. The normalized spacial score (nSPS) is 12.8. The highest BCUT2D eigenvalue weighted by atomic mass is 35.5. The Balaban J connectivity index is 0.00000156. The lowest BCUT2D eigenvalue weighted by molar-refractivity contribution is 0.0947. The third-order valence-electron chi connectivity index (χ3n) is 3.66. The molecular formula is C16H23Cl2N5O2. The zero-order chi connectivity index (χ0) is 15.9. The number of halogens is 2. The van der Waals surface area contributed by atoms with E-state index in [2.05, 4.69) is 25.2 Å². The van der Waals surface area contributed by atoms with Gasteiger partial charge < -0.3 is 19.9 Å². The van der Waals surface area contributed by atoms with Crippen LogP contribution in [0.5, 0.6) is 5.75 Å². The van der Waals surface area contributed by atoms with Gasteiger partial charge in [0, 0.05) is 45.0 Å². The Hall–Kier alpha value is -1.83. The number of carbonyl (C=O) groups excluding carboxylic acids is 1. The van der Waals surface area contributed by atoms with Gasteiger partial charge in [-0.3, -0.25) is 9.78 Å². The second-order valence-electron chi connectivity index (χ2n) is 5.38. The fraction of sp³-hybridized carbons (Fsp3) is 0.438. The quantitative estimate of drug-likeness (QED) is 0.733. The molecule has 7 nitrogen and oxygen atoms in total. The van der Waals surface area contributed by atoms with Crippen LogP contribution in [0.2, 0.25) is 0 Å². The van der Waals surface area contributed by atoms with E-state index in [0.29, 0.717) is 18.8 Å². The lowest BCUT2D eigenvalue weighted by Gasteiger charge is -2.06. The minimum Gasteiger partial charge on any atom is -0.492 e. The molecule has 25 heavy (non-hydrogen) atoms.